The van der Waals surface area contributed by atoms with Gasteiger partial charge in [0, 0.05) is 25.4 Å². The van der Waals surface area contributed by atoms with E-state index in [4.69, 9.17) is 15.2 Å². The Morgan fingerprint density at radius 1 is 1.24 bits per heavy atom. The molecule has 25 heavy (non-hydrogen) atoms. The van der Waals surface area contributed by atoms with Crippen LogP contribution >= 0.6 is 0 Å². The molecule has 0 aliphatic rings. The highest BCUT2D eigenvalue weighted by Crippen LogP contribution is 2.22. The lowest BCUT2D eigenvalue weighted by atomic mass is 10.1. The van der Waals surface area contributed by atoms with Crippen molar-refractivity contribution >= 4 is 5.96 Å². The Hall–Kier alpha value is -2.60. The van der Waals surface area contributed by atoms with E-state index in [0.29, 0.717) is 25.0 Å². The van der Waals surface area contributed by atoms with E-state index < -0.39 is 0 Å². The van der Waals surface area contributed by atoms with Crippen molar-refractivity contribution in [3.8, 4) is 11.6 Å². The van der Waals surface area contributed by atoms with Crippen molar-refractivity contribution in [2.24, 2.45) is 10.7 Å². The molecule has 6 heteroatoms. The largest absolute Gasteiger partial charge is 0.439 e. The van der Waals surface area contributed by atoms with E-state index in [0.717, 1.165) is 11.3 Å². The van der Waals surface area contributed by atoms with Crippen molar-refractivity contribution in [1.29, 1.82) is 0 Å². The standard InChI is InChI=1S/C19H26N4O2/c1-13-5-6-17(9-14(13)2)25-18-10-16(7-8-21-18)11-22-19(20)23-15(3)12-24-4/h5-10,15H,11-12H2,1-4H3,(H3,20,22,23). The summed E-state index contributed by atoms with van der Waals surface area (Å²) in [6, 6.07) is 9.84. The zero-order valence-corrected chi connectivity index (χ0v) is 15.2. The topological polar surface area (TPSA) is 81.8 Å². The van der Waals surface area contributed by atoms with Crippen LogP contribution in [0.25, 0.3) is 0 Å². The Morgan fingerprint density at radius 2 is 2.04 bits per heavy atom. The van der Waals surface area contributed by atoms with E-state index in [1.54, 1.807) is 13.3 Å². The second-order valence-corrected chi connectivity index (χ2v) is 6.05. The van der Waals surface area contributed by atoms with Crippen molar-refractivity contribution in [2.45, 2.75) is 33.4 Å². The van der Waals surface area contributed by atoms with Gasteiger partial charge in [-0.25, -0.2) is 9.98 Å². The third-order valence-electron chi connectivity index (χ3n) is 3.74. The molecule has 1 aromatic carbocycles. The maximum absolute atomic E-state index is 5.88. The van der Waals surface area contributed by atoms with Crippen LogP contribution in [0.3, 0.4) is 0 Å². The van der Waals surface area contributed by atoms with E-state index in [-0.39, 0.29) is 6.04 Å². The lowest BCUT2D eigenvalue weighted by Crippen LogP contribution is -2.40. The summed E-state index contributed by atoms with van der Waals surface area (Å²) >= 11 is 0. The summed E-state index contributed by atoms with van der Waals surface area (Å²) in [6.07, 6.45) is 1.71. The number of ether oxygens (including phenoxy) is 2. The fourth-order valence-corrected chi connectivity index (χ4v) is 2.27. The highest BCUT2D eigenvalue weighted by molar-refractivity contribution is 5.78. The molecule has 6 nitrogen and oxygen atoms in total. The Balaban J connectivity index is 1.99. The molecule has 0 fully saturated rings. The molecular weight excluding hydrogens is 316 g/mol. The summed E-state index contributed by atoms with van der Waals surface area (Å²) in [5, 5.41) is 3.07. The number of hydrogen-bond donors (Lipinski definition) is 2. The number of nitrogens with two attached hydrogens (primary N) is 1. The van der Waals surface area contributed by atoms with E-state index in [9.17, 15) is 0 Å². The number of benzene rings is 1. The van der Waals surface area contributed by atoms with Gasteiger partial charge in [-0.05, 0) is 55.7 Å². The molecule has 0 aliphatic heterocycles. The maximum Gasteiger partial charge on any atom is 0.219 e. The number of aryl methyl sites for hydroxylation is 2. The summed E-state index contributed by atoms with van der Waals surface area (Å²) in [5.74, 6) is 1.69. The summed E-state index contributed by atoms with van der Waals surface area (Å²) in [7, 11) is 1.65. The summed E-state index contributed by atoms with van der Waals surface area (Å²) in [4.78, 5) is 8.59. The Bertz CT molecular complexity index is 731. The molecule has 2 rings (SSSR count). The van der Waals surface area contributed by atoms with Crippen LogP contribution in [-0.4, -0.2) is 30.7 Å². The Labute approximate surface area is 149 Å². The van der Waals surface area contributed by atoms with Gasteiger partial charge in [-0.1, -0.05) is 6.07 Å². The number of nitrogens with one attached hydrogen (secondary N) is 1. The number of rotatable bonds is 7. The molecule has 3 N–H and O–H groups in total. The predicted octanol–water partition coefficient (Wildman–Crippen LogP) is 2.93. The SMILES string of the molecule is COCC(C)NC(N)=NCc1ccnc(Oc2ccc(C)c(C)c2)c1. The first-order chi connectivity index (χ1) is 12.0. The molecule has 0 aliphatic carbocycles. The molecule has 1 atom stereocenters. The normalized spacial score (nSPS) is 12.7. The van der Waals surface area contributed by atoms with E-state index in [1.807, 2.05) is 37.3 Å². The summed E-state index contributed by atoms with van der Waals surface area (Å²) < 4.78 is 10.9. The lowest BCUT2D eigenvalue weighted by Gasteiger charge is -2.13. The number of guanidine groups is 1. The van der Waals surface area contributed by atoms with Crippen LogP contribution in [0.1, 0.15) is 23.6 Å². The van der Waals surface area contributed by atoms with Crippen molar-refractivity contribution in [3.05, 3.63) is 53.2 Å². The van der Waals surface area contributed by atoms with Gasteiger partial charge in [-0.3, -0.25) is 0 Å². The van der Waals surface area contributed by atoms with Gasteiger partial charge in [-0.2, -0.15) is 0 Å². The molecule has 0 saturated carbocycles. The van der Waals surface area contributed by atoms with Crippen molar-refractivity contribution in [1.82, 2.24) is 10.3 Å². The third-order valence-corrected chi connectivity index (χ3v) is 3.74. The number of nitrogens with zero attached hydrogens (tertiary/aromatic N) is 2. The molecular formula is C19H26N4O2. The molecule has 1 aromatic heterocycles. The average molecular weight is 342 g/mol. The van der Waals surface area contributed by atoms with Gasteiger partial charge >= 0.3 is 0 Å². The van der Waals surface area contributed by atoms with Gasteiger partial charge < -0.3 is 20.5 Å². The second-order valence-electron chi connectivity index (χ2n) is 6.05. The van der Waals surface area contributed by atoms with Crippen LogP contribution in [0.2, 0.25) is 0 Å². The van der Waals surface area contributed by atoms with Gasteiger partial charge in [-0.15, -0.1) is 0 Å². The minimum Gasteiger partial charge on any atom is -0.439 e. The van der Waals surface area contributed by atoms with Crippen LogP contribution in [-0.2, 0) is 11.3 Å². The fraction of sp³-hybridized carbons (Fsp3) is 0.368. The van der Waals surface area contributed by atoms with Gasteiger partial charge in [0.05, 0.1) is 13.2 Å². The second kappa shape index (κ2) is 9.03. The molecule has 0 bridgehead atoms. The van der Waals surface area contributed by atoms with Crippen LogP contribution in [0.4, 0.5) is 0 Å². The first kappa shape index (κ1) is 18.7. The van der Waals surface area contributed by atoms with E-state index in [2.05, 4.69) is 29.1 Å². The highest BCUT2D eigenvalue weighted by atomic mass is 16.5. The summed E-state index contributed by atoms with van der Waals surface area (Å²) in [5.41, 5.74) is 9.27. The molecule has 2 aromatic rings. The number of aromatic nitrogens is 1. The number of hydrogen-bond acceptors (Lipinski definition) is 4. The minimum absolute atomic E-state index is 0.106. The van der Waals surface area contributed by atoms with Crippen LogP contribution in [0, 0.1) is 13.8 Å². The fourth-order valence-electron chi connectivity index (χ4n) is 2.27. The lowest BCUT2D eigenvalue weighted by molar-refractivity contribution is 0.179. The highest BCUT2D eigenvalue weighted by Gasteiger charge is 2.04. The van der Waals surface area contributed by atoms with Crippen LogP contribution in [0.5, 0.6) is 11.6 Å². The van der Waals surface area contributed by atoms with Crippen LogP contribution in [0.15, 0.2) is 41.5 Å². The Kier molecular flexibility index (Phi) is 6.77. The smallest absolute Gasteiger partial charge is 0.219 e. The van der Waals surface area contributed by atoms with E-state index >= 15 is 0 Å². The van der Waals surface area contributed by atoms with Gasteiger partial charge in [0.25, 0.3) is 0 Å². The Morgan fingerprint density at radius 3 is 2.76 bits per heavy atom. The van der Waals surface area contributed by atoms with Gasteiger partial charge in [0.1, 0.15) is 5.75 Å². The number of aliphatic imine (C=N–C) groups is 1. The molecule has 0 amide bonds. The molecule has 0 radical (unpaired) electrons. The predicted molar refractivity (Wildman–Crippen MR) is 100 cm³/mol. The molecule has 1 heterocycles. The number of pyridine rings is 1. The van der Waals surface area contributed by atoms with Crippen LogP contribution < -0.4 is 15.8 Å². The van der Waals surface area contributed by atoms with Gasteiger partial charge in [0.2, 0.25) is 5.88 Å². The quantitative estimate of drug-likeness (QED) is 0.597. The first-order valence-electron chi connectivity index (χ1n) is 8.23. The number of methoxy groups -OCH3 is 1. The third kappa shape index (κ3) is 6.08. The molecule has 0 spiro atoms. The van der Waals surface area contributed by atoms with Crippen molar-refractivity contribution < 1.29 is 9.47 Å². The minimum atomic E-state index is 0.106. The van der Waals surface area contributed by atoms with E-state index in [1.165, 1.54) is 11.1 Å². The zero-order valence-electron chi connectivity index (χ0n) is 15.2. The monoisotopic (exact) mass is 342 g/mol. The molecule has 0 saturated heterocycles. The maximum atomic E-state index is 5.88. The first-order valence-corrected chi connectivity index (χ1v) is 8.23. The summed E-state index contributed by atoms with van der Waals surface area (Å²) in [6.45, 7) is 7.13. The van der Waals surface area contributed by atoms with Gasteiger partial charge in [0.15, 0.2) is 5.96 Å². The zero-order chi connectivity index (χ0) is 18.2. The molecule has 134 valence electrons. The average Bonchev–Trinajstić information content (AvgIpc) is 2.57. The van der Waals surface area contributed by atoms with Crippen molar-refractivity contribution in [3.63, 3.8) is 0 Å². The van der Waals surface area contributed by atoms with Crippen molar-refractivity contribution in [2.75, 3.05) is 13.7 Å². The molecule has 1 unspecified atom stereocenters.